The quantitative estimate of drug-likeness (QED) is 0.479. The summed E-state index contributed by atoms with van der Waals surface area (Å²) in [4.78, 5) is 25.1. The molecule has 0 radical (unpaired) electrons. The van der Waals surface area contributed by atoms with E-state index in [9.17, 15) is 9.59 Å². The molecule has 0 unspecified atom stereocenters. The van der Waals surface area contributed by atoms with Crippen LogP contribution in [0, 0.1) is 6.92 Å². The SMILES string of the molecule is COc1ccccc1C(=O)Nc1ccc(NC(=O)c2cc3ccccc3o2)c(C)c1. The first-order valence-electron chi connectivity index (χ1n) is 9.40. The molecule has 0 aliphatic carbocycles. The number of methoxy groups -OCH3 is 1. The van der Waals surface area contributed by atoms with Gasteiger partial charge in [-0.3, -0.25) is 9.59 Å². The fourth-order valence-electron chi connectivity index (χ4n) is 3.19. The third-order valence-electron chi connectivity index (χ3n) is 4.73. The maximum Gasteiger partial charge on any atom is 0.291 e. The number of fused-ring (bicyclic) bond motifs is 1. The molecule has 0 saturated carbocycles. The summed E-state index contributed by atoms with van der Waals surface area (Å²) in [6.45, 7) is 1.85. The second-order valence-electron chi connectivity index (χ2n) is 6.79. The topological polar surface area (TPSA) is 80.6 Å². The summed E-state index contributed by atoms with van der Waals surface area (Å²) in [6, 6.07) is 21.4. The molecule has 2 amide bonds. The standard InChI is InChI=1S/C24H20N2O4/c1-15-13-17(25-23(27)18-8-4-6-10-21(18)29-2)11-12-19(15)26-24(28)22-14-16-7-3-5-9-20(16)30-22/h3-14H,1-2H3,(H,25,27)(H,26,28). The van der Waals surface area contributed by atoms with E-state index in [1.807, 2.05) is 31.2 Å². The molecule has 2 N–H and O–H groups in total. The van der Waals surface area contributed by atoms with E-state index in [-0.39, 0.29) is 17.6 Å². The van der Waals surface area contributed by atoms with Crippen LogP contribution in [0.4, 0.5) is 11.4 Å². The highest BCUT2D eigenvalue weighted by Crippen LogP contribution is 2.24. The fourth-order valence-corrected chi connectivity index (χ4v) is 3.19. The van der Waals surface area contributed by atoms with Gasteiger partial charge in [-0.15, -0.1) is 0 Å². The number of amides is 2. The number of anilines is 2. The monoisotopic (exact) mass is 400 g/mol. The second-order valence-corrected chi connectivity index (χ2v) is 6.79. The van der Waals surface area contributed by atoms with Gasteiger partial charge in [-0.05, 0) is 55.0 Å². The van der Waals surface area contributed by atoms with E-state index < -0.39 is 0 Å². The highest BCUT2D eigenvalue weighted by molar-refractivity contribution is 6.07. The minimum Gasteiger partial charge on any atom is -0.496 e. The first-order valence-corrected chi connectivity index (χ1v) is 9.40. The molecule has 0 fully saturated rings. The van der Waals surface area contributed by atoms with E-state index in [2.05, 4.69) is 10.6 Å². The molecule has 0 aliphatic heterocycles. The number of furan rings is 1. The number of ether oxygens (including phenoxy) is 1. The summed E-state index contributed by atoms with van der Waals surface area (Å²) >= 11 is 0. The van der Waals surface area contributed by atoms with E-state index >= 15 is 0 Å². The number of hydrogen-bond acceptors (Lipinski definition) is 4. The van der Waals surface area contributed by atoms with Gasteiger partial charge in [0, 0.05) is 16.8 Å². The highest BCUT2D eigenvalue weighted by Gasteiger charge is 2.15. The Morgan fingerprint density at radius 1 is 0.867 bits per heavy atom. The van der Waals surface area contributed by atoms with Gasteiger partial charge in [-0.25, -0.2) is 0 Å². The van der Waals surface area contributed by atoms with Crippen LogP contribution in [-0.4, -0.2) is 18.9 Å². The second kappa shape index (κ2) is 8.13. The zero-order chi connectivity index (χ0) is 21.1. The Kier molecular flexibility index (Phi) is 5.22. The van der Waals surface area contributed by atoms with Gasteiger partial charge in [0.15, 0.2) is 5.76 Å². The van der Waals surface area contributed by atoms with Gasteiger partial charge in [0.05, 0.1) is 12.7 Å². The van der Waals surface area contributed by atoms with Gasteiger partial charge in [0.25, 0.3) is 11.8 Å². The van der Waals surface area contributed by atoms with Gasteiger partial charge < -0.3 is 19.8 Å². The molecule has 0 atom stereocenters. The van der Waals surface area contributed by atoms with Crippen molar-refractivity contribution in [2.75, 3.05) is 17.7 Å². The molecule has 3 aromatic carbocycles. The lowest BCUT2D eigenvalue weighted by molar-refractivity contribution is 0.0996. The molecule has 0 saturated heterocycles. The van der Waals surface area contributed by atoms with Gasteiger partial charge in [-0.1, -0.05) is 30.3 Å². The summed E-state index contributed by atoms with van der Waals surface area (Å²) in [6.07, 6.45) is 0. The predicted molar refractivity (Wildman–Crippen MR) is 116 cm³/mol. The van der Waals surface area contributed by atoms with Crippen molar-refractivity contribution in [2.24, 2.45) is 0 Å². The van der Waals surface area contributed by atoms with Gasteiger partial charge in [-0.2, -0.15) is 0 Å². The van der Waals surface area contributed by atoms with E-state index in [1.165, 1.54) is 7.11 Å². The van der Waals surface area contributed by atoms with Crippen LogP contribution in [0.2, 0.25) is 0 Å². The maximum atomic E-state index is 12.6. The smallest absolute Gasteiger partial charge is 0.291 e. The minimum atomic E-state index is -0.333. The van der Waals surface area contributed by atoms with Crippen molar-refractivity contribution in [3.05, 3.63) is 89.7 Å². The molecular formula is C24H20N2O4. The number of rotatable bonds is 5. The zero-order valence-corrected chi connectivity index (χ0v) is 16.6. The first kappa shape index (κ1) is 19.3. The molecule has 30 heavy (non-hydrogen) atoms. The maximum absolute atomic E-state index is 12.6. The molecule has 6 heteroatoms. The summed E-state index contributed by atoms with van der Waals surface area (Å²) in [5.74, 6) is 0.136. The Labute approximate surface area is 173 Å². The Morgan fingerprint density at radius 3 is 2.40 bits per heavy atom. The van der Waals surface area contributed by atoms with Crippen molar-refractivity contribution in [1.82, 2.24) is 0 Å². The van der Waals surface area contributed by atoms with Crippen LogP contribution < -0.4 is 15.4 Å². The summed E-state index contributed by atoms with van der Waals surface area (Å²) in [5.41, 5.74) is 3.16. The number of carbonyl (C=O) groups is 2. The molecule has 4 rings (SSSR count). The van der Waals surface area contributed by atoms with Crippen molar-refractivity contribution < 1.29 is 18.7 Å². The number of aryl methyl sites for hydroxylation is 1. The Hall–Kier alpha value is -4.06. The molecule has 1 heterocycles. The predicted octanol–water partition coefficient (Wildman–Crippen LogP) is 5.25. The van der Waals surface area contributed by atoms with Gasteiger partial charge in [0.2, 0.25) is 0 Å². The Bertz CT molecular complexity index is 1210. The fraction of sp³-hybridized carbons (Fsp3) is 0.0833. The average Bonchev–Trinajstić information content (AvgIpc) is 3.20. The number of hydrogen-bond donors (Lipinski definition) is 2. The molecule has 150 valence electrons. The Morgan fingerprint density at radius 2 is 1.63 bits per heavy atom. The van der Waals surface area contributed by atoms with Crippen LogP contribution in [-0.2, 0) is 0 Å². The van der Waals surface area contributed by atoms with Crippen molar-refractivity contribution in [2.45, 2.75) is 6.92 Å². The lowest BCUT2D eigenvalue weighted by Gasteiger charge is -2.12. The van der Waals surface area contributed by atoms with Crippen molar-refractivity contribution >= 4 is 34.2 Å². The first-order chi connectivity index (χ1) is 14.5. The summed E-state index contributed by atoms with van der Waals surface area (Å²) in [7, 11) is 1.52. The van der Waals surface area contributed by atoms with E-state index in [1.54, 1.807) is 48.5 Å². The van der Waals surface area contributed by atoms with E-state index in [0.29, 0.717) is 28.3 Å². The molecule has 1 aromatic heterocycles. The number of para-hydroxylation sites is 2. The van der Waals surface area contributed by atoms with Crippen LogP contribution >= 0.6 is 0 Å². The normalized spacial score (nSPS) is 10.6. The molecule has 4 aromatic rings. The molecule has 6 nitrogen and oxygen atoms in total. The molecule has 0 spiro atoms. The zero-order valence-electron chi connectivity index (χ0n) is 16.6. The van der Waals surface area contributed by atoms with Crippen LogP contribution in [0.3, 0.4) is 0 Å². The van der Waals surface area contributed by atoms with Crippen molar-refractivity contribution in [3.63, 3.8) is 0 Å². The van der Waals surface area contributed by atoms with Crippen LogP contribution in [0.5, 0.6) is 5.75 Å². The average molecular weight is 400 g/mol. The number of benzene rings is 3. The van der Waals surface area contributed by atoms with Crippen LogP contribution in [0.1, 0.15) is 26.5 Å². The van der Waals surface area contributed by atoms with E-state index in [4.69, 9.17) is 9.15 Å². The summed E-state index contributed by atoms with van der Waals surface area (Å²) < 4.78 is 10.8. The third kappa shape index (κ3) is 3.89. The van der Waals surface area contributed by atoms with Crippen LogP contribution in [0.25, 0.3) is 11.0 Å². The van der Waals surface area contributed by atoms with Crippen LogP contribution in [0.15, 0.2) is 77.2 Å². The van der Waals surface area contributed by atoms with Gasteiger partial charge in [0.1, 0.15) is 11.3 Å². The minimum absolute atomic E-state index is 0.240. The Balaban J connectivity index is 1.49. The van der Waals surface area contributed by atoms with Crippen molar-refractivity contribution in [1.29, 1.82) is 0 Å². The lowest BCUT2D eigenvalue weighted by Crippen LogP contribution is -2.14. The molecule has 0 bridgehead atoms. The lowest BCUT2D eigenvalue weighted by atomic mass is 10.1. The van der Waals surface area contributed by atoms with Crippen molar-refractivity contribution in [3.8, 4) is 5.75 Å². The number of nitrogens with one attached hydrogen (secondary N) is 2. The summed E-state index contributed by atoms with van der Waals surface area (Å²) in [5, 5.41) is 6.58. The van der Waals surface area contributed by atoms with E-state index in [0.717, 1.165) is 10.9 Å². The largest absolute Gasteiger partial charge is 0.496 e. The molecular weight excluding hydrogens is 380 g/mol. The third-order valence-corrected chi connectivity index (χ3v) is 4.73. The molecule has 0 aliphatic rings. The highest BCUT2D eigenvalue weighted by atomic mass is 16.5. The van der Waals surface area contributed by atoms with Gasteiger partial charge >= 0.3 is 0 Å². The number of carbonyl (C=O) groups excluding carboxylic acids is 2.